The number of rotatable bonds is 6. The maximum Gasteiger partial charge on any atom is 0.253 e. The number of amides is 1. The molecule has 4 nitrogen and oxygen atoms in total. The zero-order valence-electron chi connectivity index (χ0n) is 14.9. The minimum Gasteiger partial charge on any atom is -0.350 e. The number of hydrogen-bond donors (Lipinski definition) is 1. The van der Waals surface area contributed by atoms with Crippen molar-refractivity contribution in [3.8, 4) is 11.4 Å². The van der Waals surface area contributed by atoms with Crippen LogP contribution >= 0.6 is 11.3 Å². The van der Waals surface area contributed by atoms with Gasteiger partial charge in [0.1, 0.15) is 0 Å². The van der Waals surface area contributed by atoms with E-state index in [0.29, 0.717) is 5.92 Å². The van der Waals surface area contributed by atoms with Gasteiger partial charge in [-0.3, -0.25) is 4.79 Å². The highest BCUT2D eigenvalue weighted by atomic mass is 32.1. The lowest BCUT2D eigenvalue weighted by Gasteiger charge is -2.14. The fourth-order valence-corrected chi connectivity index (χ4v) is 3.18. The van der Waals surface area contributed by atoms with E-state index in [1.54, 1.807) is 11.3 Å². The molecule has 5 heteroatoms. The molecule has 0 spiro atoms. The molecule has 0 aliphatic rings. The van der Waals surface area contributed by atoms with Crippen molar-refractivity contribution in [2.75, 3.05) is 0 Å². The third-order valence-corrected chi connectivity index (χ3v) is 4.80. The summed E-state index contributed by atoms with van der Waals surface area (Å²) in [6.07, 6.45) is 0.926. The van der Waals surface area contributed by atoms with Crippen LogP contribution in [0, 0.1) is 19.8 Å². The van der Waals surface area contributed by atoms with E-state index < -0.39 is 0 Å². The smallest absolute Gasteiger partial charge is 0.253 e. The van der Waals surface area contributed by atoms with Crippen LogP contribution in [0.4, 0.5) is 0 Å². The van der Waals surface area contributed by atoms with Crippen LogP contribution in [0.5, 0.6) is 0 Å². The Labute approximate surface area is 142 Å². The fraction of sp³-hybridized carbons (Fsp3) is 0.556. The number of aryl methyl sites for hydroxylation is 1. The third kappa shape index (κ3) is 4.02. The molecule has 2 rings (SSSR count). The van der Waals surface area contributed by atoms with Crippen molar-refractivity contribution in [3.63, 3.8) is 0 Å². The molecule has 2 aromatic heterocycles. The lowest BCUT2D eigenvalue weighted by molar-refractivity contribution is 0.0938. The molecule has 126 valence electrons. The standard InChI is InChI=1S/C18H27N3OS/c1-7-12(4)19-18(22)15-8-17(16-10-23-14(6)20-16)21(13(15)5)9-11(2)3/h8,10-12H,7,9H2,1-6H3,(H,19,22). The van der Waals surface area contributed by atoms with E-state index in [9.17, 15) is 4.79 Å². The maximum absolute atomic E-state index is 12.6. The summed E-state index contributed by atoms with van der Waals surface area (Å²) in [5, 5.41) is 6.18. The Kier molecular flexibility index (Phi) is 5.63. The highest BCUT2D eigenvalue weighted by molar-refractivity contribution is 7.09. The molecule has 0 aliphatic carbocycles. The highest BCUT2D eigenvalue weighted by Crippen LogP contribution is 2.28. The first-order chi connectivity index (χ1) is 10.8. The molecule has 1 N–H and O–H groups in total. The minimum absolute atomic E-state index is 0.00700. The van der Waals surface area contributed by atoms with Gasteiger partial charge in [-0.2, -0.15) is 0 Å². The van der Waals surface area contributed by atoms with Gasteiger partial charge in [0, 0.05) is 23.7 Å². The average molecular weight is 334 g/mol. The monoisotopic (exact) mass is 333 g/mol. The first-order valence-corrected chi connectivity index (χ1v) is 9.14. The zero-order valence-corrected chi connectivity index (χ0v) is 15.8. The SMILES string of the molecule is CCC(C)NC(=O)c1cc(-c2csc(C)n2)n(CC(C)C)c1C. The number of nitrogens with zero attached hydrogens (tertiary/aromatic N) is 2. The average Bonchev–Trinajstić information content (AvgIpc) is 3.03. The van der Waals surface area contributed by atoms with Gasteiger partial charge in [-0.15, -0.1) is 11.3 Å². The Morgan fingerprint density at radius 1 is 1.35 bits per heavy atom. The summed E-state index contributed by atoms with van der Waals surface area (Å²) in [5.74, 6) is 0.512. The first kappa shape index (κ1) is 17.7. The zero-order chi connectivity index (χ0) is 17.1. The number of aromatic nitrogens is 2. The van der Waals surface area contributed by atoms with E-state index in [4.69, 9.17) is 0 Å². The van der Waals surface area contributed by atoms with Gasteiger partial charge in [0.25, 0.3) is 5.91 Å². The molecule has 1 unspecified atom stereocenters. The second kappa shape index (κ2) is 7.30. The summed E-state index contributed by atoms with van der Waals surface area (Å²) in [7, 11) is 0. The van der Waals surface area contributed by atoms with Gasteiger partial charge in [-0.25, -0.2) is 4.98 Å². The van der Waals surface area contributed by atoms with Crippen molar-refractivity contribution < 1.29 is 4.79 Å². The molecular weight excluding hydrogens is 306 g/mol. The predicted octanol–water partition coefficient (Wildman–Crippen LogP) is 4.41. The molecule has 1 amide bonds. The van der Waals surface area contributed by atoms with E-state index in [-0.39, 0.29) is 11.9 Å². The van der Waals surface area contributed by atoms with Crippen LogP contribution in [0.2, 0.25) is 0 Å². The minimum atomic E-state index is 0.00700. The number of hydrogen-bond acceptors (Lipinski definition) is 3. The van der Waals surface area contributed by atoms with Crippen molar-refractivity contribution in [2.24, 2.45) is 5.92 Å². The summed E-state index contributed by atoms with van der Waals surface area (Å²) in [6.45, 7) is 13.4. The van der Waals surface area contributed by atoms with Crippen LogP contribution in [0.15, 0.2) is 11.4 Å². The van der Waals surface area contributed by atoms with Gasteiger partial charge in [0.05, 0.1) is 22.0 Å². The molecular formula is C18H27N3OS. The summed E-state index contributed by atoms with van der Waals surface area (Å²) in [4.78, 5) is 17.2. The number of carbonyl (C=O) groups excluding carboxylic acids is 1. The van der Waals surface area contributed by atoms with Gasteiger partial charge in [-0.05, 0) is 39.2 Å². The van der Waals surface area contributed by atoms with Gasteiger partial charge < -0.3 is 9.88 Å². The molecule has 23 heavy (non-hydrogen) atoms. The van der Waals surface area contributed by atoms with Crippen LogP contribution < -0.4 is 5.32 Å². The van der Waals surface area contributed by atoms with Gasteiger partial charge in [-0.1, -0.05) is 20.8 Å². The number of thiazole rings is 1. The van der Waals surface area contributed by atoms with E-state index in [1.807, 2.05) is 26.8 Å². The predicted molar refractivity (Wildman–Crippen MR) is 97.1 cm³/mol. The van der Waals surface area contributed by atoms with Crippen LogP contribution in [-0.4, -0.2) is 21.5 Å². The summed E-state index contributed by atoms with van der Waals surface area (Å²) >= 11 is 1.64. The van der Waals surface area contributed by atoms with Crippen molar-refractivity contribution in [1.82, 2.24) is 14.9 Å². The Morgan fingerprint density at radius 3 is 2.57 bits per heavy atom. The second-order valence-electron chi connectivity index (χ2n) is 6.57. The molecule has 0 saturated heterocycles. The van der Waals surface area contributed by atoms with E-state index >= 15 is 0 Å². The lowest BCUT2D eigenvalue weighted by Crippen LogP contribution is -2.32. The Hall–Kier alpha value is -1.62. The van der Waals surface area contributed by atoms with Crippen molar-refractivity contribution >= 4 is 17.2 Å². The normalized spacial score (nSPS) is 12.7. The molecule has 0 saturated carbocycles. The topological polar surface area (TPSA) is 46.9 Å². The van der Waals surface area contributed by atoms with Crippen LogP contribution in [0.25, 0.3) is 11.4 Å². The van der Waals surface area contributed by atoms with E-state index in [2.05, 4.69) is 41.0 Å². The first-order valence-electron chi connectivity index (χ1n) is 8.26. The van der Waals surface area contributed by atoms with Crippen LogP contribution in [0.3, 0.4) is 0 Å². The van der Waals surface area contributed by atoms with Crippen molar-refractivity contribution in [3.05, 3.63) is 27.7 Å². The number of carbonyl (C=O) groups is 1. The highest BCUT2D eigenvalue weighted by Gasteiger charge is 2.21. The Bertz CT molecular complexity index is 684. The summed E-state index contributed by atoms with van der Waals surface area (Å²) in [5.41, 5.74) is 3.76. The second-order valence-corrected chi connectivity index (χ2v) is 7.63. The van der Waals surface area contributed by atoms with Crippen LogP contribution in [-0.2, 0) is 6.54 Å². The maximum atomic E-state index is 12.6. The Morgan fingerprint density at radius 2 is 2.04 bits per heavy atom. The van der Waals surface area contributed by atoms with E-state index in [1.165, 1.54) is 0 Å². The molecule has 2 aromatic rings. The lowest BCUT2D eigenvalue weighted by atomic mass is 10.2. The van der Waals surface area contributed by atoms with Crippen LogP contribution in [0.1, 0.15) is 55.2 Å². The molecule has 1 atom stereocenters. The van der Waals surface area contributed by atoms with Gasteiger partial charge in [0.15, 0.2) is 0 Å². The van der Waals surface area contributed by atoms with Gasteiger partial charge >= 0.3 is 0 Å². The molecule has 0 radical (unpaired) electrons. The van der Waals surface area contributed by atoms with Crippen molar-refractivity contribution in [2.45, 2.75) is 60.5 Å². The molecule has 0 aromatic carbocycles. The van der Waals surface area contributed by atoms with Crippen molar-refractivity contribution in [1.29, 1.82) is 0 Å². The van der Waals surface area contributed by atoms with E-state index in [0.717, 1.165) is 40.6 Å². The fourth-order valence-electron chi connectivity index (χ4n) is 2.57. The third-order valence-electron chi connectivity index (χ3n) is 4.03. The summed E-state index contributed by atoms with van der Waals surface area (Å²) < 4.78 is 2.23. The molecule has 0 aliphatic heterocycles. The van der Waals surface area contributed by atoms with Gasteiger partial charge in [0.2, 0.25) is 0 Å². The quantitative estimate of drug-likeness (QED) is 0.851. The molecule has 2 heterocycles. The summed E-state index contributed by atoms with van der Waals surface area (Å²) in [6, 6.07) is 2.17. The molecule has 0 bridgehead atoms. The Balaban J connectivity index is 2.45. The largest absolute Gasteiger partial charge is 0.350 e. The number of nitrogens with one attached hydrogen (secondary N) is 1. The molecule has 0 fully saturated rings.